The second-order valence-electron chi connectivity index (χ2n) is 6.72. The smallest absolute Gasteiger partial charge is 0.349 e. The molecule has 1 aromatic carbocycles. The molecule has 30 heavy (non-hydrogen) atoms. The molecule has 2 aromatic rings. The van der Waals surface area contributed by atoms with Gasteiger partial charge in [-0.25, -0.2) is 9.37 Å². The summed E-state index contributed by atoms with van der Waals surface area (Å²) in [5, 5.41) is 13.3. The number of carbonyl (C=O) groups excluding carboxylic acids is 1. The predicted molar refractivity (Wildman–Crippen MR) is 99.9 cm³/mol. The van der Waals surface area contributed by atoms with Gasteiger partial charge in [0.15, 0.2) is 0 Å². The Bertz CT molecular complexity index is 955. The molecule has 0 bridgehead atoms. The number of nitrogens with zero attached hydrogens (tertiary/aromatic N) is 3. The Hall–Kier alpha value is -2.95. The largest absolute Gasteiger partial charge is 0.471 e. The molecule has 1 N–H and O–H groups in total. The van der Waals surface area contributed by atoms with Crippen molar-refractivity contribution in [1.29, 1.82) is 0 Å². The van der Waals surface area contributed by atoms with Crippen LogP contribution in [-0.4, -0.2) is 41.1 Å². The predicted octanol–water partition coefficient (Wildman–Crippen LogP) is 3.82. The summed E-state index contributed by atoms with van der Waals surface area (Å²) in [6.07, 6.45) is -3.66. The van der Waals surface area contributed by atoms with Crippen LogP contribution in [-0.2, 0) is 4.79 Å². The van der Waals surface area contributed by atoms with Gasteiger partial charge >= 0.3 is 17.8 Å². The highest BCUT2D eigenvalue weighted by Crippen LogP contribution is 2.35. The second kappa shape index (κ2) is 8.42. The van der Waals surface area contributed by atoms with Gasteiger partial charge in [0.2, 0.25) is 5.82 Å². The first-order valence-corrected chi connectivity index (χ1v) is 9.12. The van der Waals surface area contributed by atoms with E-state index in [0.717, 1.165) is 6.07 Å². The van der Waals surface area contributed by atoms with Crippen molar-refractivity contribution in [3.63, 3.8) is 0 Å². The molecule has 2 atom stereocenters. The Morgan fingerprint density at radius 2 is 1.97 bits per heavy atom. The quantitative estimate of drug-likeness (QED) is 0.438. The van der Waals surface area contributed by atoms with Crippen molar-refractivity contribution in [2.75, 3.05) is 18.0 Å². The van der Waals surface area contributed by atoms with E-state index >= 15 is 0 Å². The number of aromatic nitrogens is 1. The van der Waals surface area contributed by atoms with Crippen molar-refractivity contribution in [2.24, 2.45) is 0 Å². The first-order valence-electron chi connectivity index (χ1n) is 8.74. The van der Waals surface area contributed by atoms with Crippen molar-refractivity contribution < 1.29 is 27.3 Å². The molecule has 12 heteroatoms. The molecule has 1 saturated heterocycles. The maximum absolute atomic E-state index is 13.2. The number of benzene rings is 1. The van der Waals surface area contributed by atoms with Gasteiger partial charge in [-0.1, -0.05) is 23.7 Å². The lowest BCUT2D eigenvalue weighted by atomic mass is 9.85. The van der Waals surface area contributed by atoms with Gasteiger partial charge in [-0.3, -0.25) is 14.9 Å². The highest BCUT2D eigenvalue weighted by atomic mass is 35.5. The minimum absolute atomic E-state index is 0.0357. The van der Waals surface area contributed by atoms with Gasteiger partial charge in [-0.15, -0.1) is 0 Å². The molecule has 160 valence electrons. The summed E-state index contributed by atoms with van der Waals surface area (Å²) >= 11 is 5.77. The van der Waals surface area contributed by atoms with Crippen LogP contribution in [0.15, 0.2) is 36.5 Å². The minimum Gasteiger partial charge on any atom is -0.349 e. The first kappa shape index (κ1) is 21.8. The average molecular weight is 447 g/mol. The molecule has 0 radical (unpaired) electrons. The van der Waals surface area contributed by atoms with Crippen LogP contribution < -0.4 is 10.2 Å². The summed E-state index contributed by atoms with van der Waals surface area (Å²) in [6, 6.07) is 5.28. The molecule has 2 unspecified atom stereocenters. The summed E-state index contributed by atoms with van der Waals surface area (Å²) in [7, 11) is 0. The molecule has 7 nitrogen and oxygen atoms in total. The summed E-state index contributed by atoms with van der Waals surface area (Å²) in [5.74, 6) is -3.25. The standard InChI is InChI=1S/C18H15ClF4N4O3/c19-11-7-15(27(29)30)16(24-8-11)26-6-5-13(10-1-3-12(20)4-2-10)14(9-26)25-17(28)18(21,22)23/h1-4,7-8,13-14H,5-6,9H2,(H,25,28). The molecule has 1 amide bonds. The van der Waals surface area contributed by atoms with E-state index in [2.05, 4.69) is 4.98 Å². The molecule has 1 aliphatic rings. The highest BCUT2D eigenvalue weighted by Gasteiger charge is 2.43. The van der Waals surface area contributed by atoms with Crippen LogP contribution in [0.1, 0.15) is 17.9 Å². The maximum Gasteiger partial charge on any atom is 0.471 e. The number of pyridine rings is 1. The van der Waals surface area contributed by atoms with Gasteiger partial charge in [-0.05, 0) is 24.1 Å². The Kier molecular flexibility index (Phi) is 6.11. The number of hydrogen-bond acceptors (Lipinski definition) is 5. The fourth-order valence-corrected chi connectivity index (χ4v) is 3.60. The molecule has 0 aliphatic carbocycles. The van der Waals surface area contributed by atoms with E-state index in [-0.39, 0.29) is 30.4 Å². The molecule has 1 aliphatic heterocycles. The van der Waals surface area contributed by atoms with E-state index in [1.165, 1.54) is 35.4 Å². The summed E-state index contributed by atoms with van der Waals surface area (Å²) in [6.45, 7) is 0.0508. The van der Waals surface area contributed by atoms with Gasteiger partial charge in [0, 0.05) is 31.3 Å². The van der Waals surface area contributed by atoms with Gasteiger partial charge < -0.3 is 10.2 Å². The summed E-state index contributed by atoms with van der Waals surface area (Å²) < 4.78 is 51.7. The second-order valence-corrected chi connectivity index (χ2v) is 7.16. The molecule has 1 aromatic heterocycles. The Morgan fingerprint density at radius 3 is 2.57 bits per heavy atom. The third-order valence-electron chi connectivity index (χ3n) is 4.80. The number of nitro groups is 1. The van der Waals surface area contributed by atoms with E-state index < -0.39 is 40.5 Å². The van der Waals surface area contributed by atoms with E-state index in [1.54, 1.807) is 0 Å². The number of halogens is 5. The van der Waals surface area contributed by atoms with Crippen LogP contribution in [0.2, 0.25) is 5.02 Å². The Balaban J connectivity index is 1.93. The Morgan fingerprint density at radius 1 is 1.30 bits per heavy atom. The molecule has 1 fully saturated rings. The summed E-state index contributed by atoms with van der Waals surface area (Å²) in [5.41, 5.74) is 0.144. The number of rotatable bonds is 4. The van der Waals surface area contributed by atoms with Gasteiger partial charge in [0.1, 0.15) is 5.82 Å². The molecule has 0 spiro atoms. The van der Waals surface area contributed by atoms with Gasteiger partial charge in [0.05, 0.1) is 16.0 Å². The lowest BCUT2D eigenvalue weighted by Gasteiger charge is -2.39. The van der Waals surface area contributed by atoms with Crippen molar-refractivity contribution in [3.8, 4) is 0 Å². The molecular weight excluding hydrogens is 432 g/mol. The zero-order valence-corrected chi connectivity index (χ0v) is 16.0. The van der Waals surface area contributed by atoms with Crippen molar-refractivity contribution in [1.82, 2.24) is 10.3 Å². The normalized spacial score (nSPS) is 19.4. The monoisotopic (exact) mass is 446 g/mol. The fraction of sp³-hybridized carbons (Fsp3) is 0.333. The highest BCUT2D eigenvalue weighted by molar-refractivity contribution is 6.30. The van der Waals surface area contributed by atoms with Crippen LogP contribution in [0.4, 0.5) is 29.1 Å². The van der Waals surface area contributed by atoms with Crippen molar-refractivity contribution >= 4 is 29.0 Å². The van der Waals surface area contributed by atoms with Crippen LogP contribution in [0.3, 0.4) is 0 Å². The number of carbonyl (C=O) groups is 1. The lowest BCUT2D eigenvalue weighted by molar-refractivity contribution is -0.384. The van der Waals surface area contributed by atoms with E-state index in [4.69, 9.17) is 11.6 Å². The number of hydrogen-bond donors (Lipinski definition) is 1. The van der Waals surface area contributed by atoms with Gasteiger partial charge in [-0.2, -0.15) is 13.2 Å². The SMILES string of the molecule is O=C(NC1CN(c2ncc(Cl)cc2[N+](=O)[O-])CCC1c1ccc(F)cc1)C(F)(F)F. The average Bonchev–Trinajstić information content (AvgIpc) is 2.68. The van der Waals surface area contributed by atoms with Crippen LogP contribution in [0, 0.1) is 15.9 Å². The Labute approximate surface area is 172 Å². The third kappa shape index (κ3) is 4.78. The van der Waals surface area contributed by atoms with Crippen molar-refractivity contribution in [3.05, 3.63) is 63.0 Å². The van der Waals surface area contributed by atoms with Crippen LogP contribution >= 0.6 is 11.6 Å². The van der Waals surface area contributed by atoms with Crippen LogP contribution in [0.5, 0.6) is 0 Å². The van der Waals surface area contributed by atoms with Gasteiger partial charge in [0.25, 0.3) is 0 Å². The zero-order chi connectivity index (χ0) is 22.1. The minimum atomic E-state index is -5.10. The number of piperidine rings is 1. The fourth-order valence-electron chi connectivity index (χ4n) is 3.45. The van der Waals surface area contributed by atoms with Crippen LogP contribution in [0.25, 0.3) is 0 Å². The summed E-state index contributed by atoms with van der Waals surface area (Å²) in [4.78, 5) is 27.6. The van der Waals surface area contributed by atoms with E-state index in [0.29, 0.717) is 5.56 Å². The molecular formula is C18H15ClF4N4O3. The lowest BCUT2D eigenvalue weighted by Crippen LogP contribution is -2.54. The van der Waals surface area contributed by atoms with E-state index in [1.807, 2.05) is 5.32 Å². The molecule has 2 heterocycles. The topological polar surface area (TPSA) is 88.4 Å². The molecule has 3 rings (SSSR count). The number of nitrogens with one attached hydrogen (secondary N) is 1. The number of anilines is 1. The third-order valence-corrected chi connectivity index (χ3v) is 5.00. The maximum atomic E-state index is 13.2. The zero-order valence-electron chi connectivity index (χ0n) is 15.2. The molecule has 0 saturated carbocycles. The number of amides is 1. The van der Waals surface area contributed by atoms with E-state index in [9.17, 15) is 32.5 Å². The van der Waals surface area contributed by atoms with Crippen molar-refractivity contribution in [2.45, 2.75) is 24.6 Å². The first-order chi connectivity index (χ1) is 14.1. The number of alkyl halides is 3.